The standard InChI is InChI=1S/C14H22O3/c15-13(10-11-6-4-5-7-11)17-14(16)12-8-2-1-3-9-12/h11-12H,1-10H2. The quantitative estimate of drug-likeness (QED) is 0.560. The van der Waals surface area contributed by atoms with Gasteiger partial charge in [0.25, 0.3) is 0 Å². The van der Waals surface area contributed by atoms with Gasteiger partial charge in [0.2, 0.25) is 0 Å². The van der Waals surface area contributed by atoms with Crippen LogP contribution in [0.2, 0.25) is 0 Å². The van der Waals surface area contributed by atoms with Gasteiger partial charge in [-0.25, -0.2) is 0 Å². The number of hydrogen-bond donors (Lipinski definition) is 0. The predicted molar refractivity (Wildman–Crippen MR) is 64.2 cm³/mol. The molecular weight excluding hydrogens is 216 g/mol. The number of carbonyl (C=O) groups excluding carboxylic acids is 2. The molecule has 3 heteroatoms. The molecule has 96 valence electrons. The summed E-state index contributed by atoms with van der Waals surface area (Å²) in [7, 11) is 0. The van der Waals surface area contributed by atoms with Crippen molar-refractivity contribution in [2.75, 3.05) is 0 Å². The smallest absolute Gasteiger partial charge is 0.316 e. The Labute approximate surface area is 103 Å². The molecule has 0 heterocycles. The fourth-order valence-electron chi connectivity index (χ4n) is 3.03. The minimum absolute atomic E-state index is 0.0173. The minimum atomic E-state index is -0.299. The van der Waals surface area contributed by atoms with Crippen LogP contribution in [0, 0.1) is 11.8 Å². The number of esters is 2. The van der Waals surface area contributed by atoms with E-state index in [2.05, 4.69) is 0 Å². The van der Waals surface area contributed by atoms with E-state index >= 15 is 0 Å². The van der Waals surface area contributed by atoms with Crippen molar-refractivity contribution in [2.24, 2.45) is 11.8 Å². The Balaban J connectivity index is 1.71. The van der Waals surface area contributed by atoms with Gasteiger partial charge in [0.15, 0.2) is 0 Å². The van der Waals surface area contributed by atoms with Crippen LogP contribution in [0.4, 0.5) is 0 Å². The van der Waals surface area contributed by atoms with Crippen molar-refractivity contribution in [1.29, 1.82) is 0 Å². The third kappa shape index (κ3) is 3.83. The summed E-state index contributed by atoms with van der Waals surface area (Å²) >= 11 is 0. The molecule has 17 heavy (non-hydrogen) atoms. The number of rotatable bonds is 3. The summed E-state index contributed by atoms with van der Waals surface area (Å²) in [6, 6.07) is 0. The summed E-state index contributed by atoms with van der Waals surface area (Å²) in [6.07, 6.45) is 10.3. The van der Waals surface area contributed by atoms with Gasteiger partial charge < -0.3 is 4.74 Å². The van der Waals surface area contributed by atoms with E-state index in [0.717, 1.165) is 38.5 Å². The summed E-state index contributed by atoms with van der Waals surface area (Å²) in [6.45, 7) is 0. The first-order valence-electron chi connectivity index (χ1n) is 7.00. The highest BCUT2D eigenvalue weighted by Gasteiger charge is 2.26. The second-order valence-electron chi connectivity index (χ2n) is 5.48. The molecule has 0 aromatic carbocycles. The van der Waals surface area contributed by atoms with Crippen molar-refractivity contribution in [3.8, 4) is 0 Å². The lowest BCUT2D eigenvalue weighted by Gasteiger charge is -2.19. The van der Waals surface area contributed by atoms with Gasteiger partial charge in [0.05, 0.1) is 5.92 Å². The third-order valence-electron chi connectivity index (χ3n) is 4.08. The molecule has 3 nitrogen and oxygen atoms in total. The molecule has 2 fully saturated rings. The van der Waals surface area contributed by atoms with Crippen LogP contribution in [0.15, 0.2) is 0 Å². The molecule has 0 saturated heterocycles. The first-order valence-corrected chi connectivity index (χ1v) is 7.00. The zero-order chi connectivity index (χ0) is 12.1. The Hall–Kier alpha value is -0.860. The summed E-state index contributed by atoms with van der Waals surface area (Å²) < 4.78 is 4.97. The molecule has 2 aliphatic carbocycles. The molecule has 2 saturated carbocycles. The van der Waals surface area contributed by atoms with Crippen molar-refractivity contribution < 1.29 is 14.3 Å². The van der Waals surface area contributed by atoms with Crippen LogP contribution < -0.4 is 0 Å². The van der Waals surface area contributed by atoms with E-state index in [1.54, 1.807) is 0 Å². The van der Waals surface area contributed by atoms with Crippen LogP contribution in [0.1, 0.15) is 64.2 Å². The van der Waals surface area contributed by atoms with E-state index in [0.29, 0.717) is 12.3 Å². The molecule has 0 amide bonds. The van der Waals surface area contributed by atoms with Gasteiger partial charge in [-0.2, -0.15) is 0 Å². The monoisotopic (exact) mass is 238 g/mol. The van der Waals surface area contributed by atoms with Gasteiger partial charge in [-0.1, -0.05) is 32.1 Å². The maximum Gasteiger partial charge on any atom is 0.316 e. The SMILES string of the molecule is O=C(CC1CCCC1)OC(=O)C1CCCCC1. The van der Waals surface area contributed by atoms with E-state index in [9.17, 15) is 9.59 Å². The maximum absolute atomic E-state index is 11.7. The zero-order valence-electron chi connectivity index (χ0n) is 10.5. The van der Waals surface area contributed by atoms with E-state index < -0.39 is 0 Å². The van der Waals surface area contributed by atoms with Crippen molar-refractivity contribution in [3.63, 3.8) is 0 Å². The summed E-state index contributed by atoms with van der Waals surface area (Å²) in [5, 5.41) is 0. The lowest BCUT2D eigenvalue weighted by molar-refractivity contribution is -0.163. The fourth-order valence-corrected chi connectivity index (χ4v) is 3.03. The predicted octanol–water partition coefficient (Wildman–Crippen LogP) is 3.22. The molecule has 2 aliphatic rings. The van der Waals surface area contributed by atoms with Crippen molar-refractivity contribution in [2.45, 2.75) is 64.2 Å². The highest BCUT2D eigenvalue weighted by Crippen LogP contribution is 2.28. The lowest BCUT2D eigenvalue weighted by atomic mass is 9.89. The highest BCUT2D eigenvalue weighted by atomic mass is 16.6. The van der Waals surface area contributed by atoms with Gasteiger partial charge in [-0.05, 0) is 31.6 Å². The Morgan fingerprint density at radius 2 is 1.47 bits per heavy atom. The van der Waals surface area contributed by atoms with Gasteiger partial charge in [0.1, 0.15) is 0 Å². The van der Waals surface area contributed by atoms with Crippen LogP contribution in [0.5, 0.6) is 0 Å². The molecule has 0 spiro atoms. The highest BCUT2D eigenvalue weighted by molar-refractivity contribution is 5.86. The van der Waals surface area contributed by atoms with Crippen molar-refractivity contribution >= 4 is 11.9 Å². The second kappa shape index (κ2) is 6.18. The maximum atomic E-state index is 11.7. The Morgan fingerprint density at radius 1 is 0.882 bits per heavy atom. The van der Waals surface area contributed by atoms with Crippen LogP contribution in [0.25, 0.3) is 0 Å². The molecule has 0 aromatic heterocycles. The zero-order valence-corrected chi connectivity index (χ0v) is 10.5. The first kappa shape index (κ1) is 12.6. The molecule has 2 rings (SSSR count). The van der Waals surface area contributed by atoms with Gasteiger partial charge in [0, 0.05) is 6.42 Å². The average Bonchev–Trinajstić information content (AvgIpc) is 2.82. The van der Waals surface area contributed by atoms with Gasteiger partial charge >= 0.3 is 11.9 Å². The van der Waals surface area contributed by atoms with Crippen molar-refractivity contribution in [1.82, 2.24) is 0 Å². The molecular formula is C14H22O3. The average molecular weight is 238 g/mol. The molecule has 0 atom stereocenters. The van der Waals surface area contributed by atoms with Crippen LogP contribution in [0.3, 0.4) is 0 Å². The minimum Gasteiger partial charge on any atom is -0.393 e. The Morgan fingerprint density at radius 3 is 2.12 bits per heavy atom. The van der Waals surface area contributed by atoms with Crippen molar-refractivity contribution in [3.05, 3.63) is 0 Å². The van der Waals surface area contributed by atoms with E-state index in [1.807, 2.05) is 0 Å². The molecule has 0 aromatic rings. The second-order valence-corrected chi connectivity index (χ2v) is 5.48. The summed E-state index contributed by atoms with van der Waals surface area (Å²) in [5.41, 5.74) is 0. The molecule has 0 bridgehead atoms. The molecule has 0 unspecified atom stereocenters. The number of ether oxygens (including phenoxy) is 1. The topological polar surface area (TPSA) is 43.4 Å². The van der Waals surface area contributed by atoms with Crippen LogP contribution in [-0.4, -0.2) is 11.9 Å². The molecule has 0 radical (unpaired) electrons. The van der Waals surface area contributed by atoms with E-state index in [-0.39, 0.29) is 17.9 Å². The molecule has 0 aliphatic heterocycles. The normalized spacial score (nSPS) is 22.6. The third-order valence-corrected chi connectivity index (χ3v) is 4.08. The fraction of sp³-hybridized carbons (Fsp3) is 0.857. The van der Waals surface area contributed by atoms with Gasteiger partial charge in [-0.15, -0.1) is 0 Å². The lowest BCUT2D eigenvalue weighted by Crippen LogP contribution is -2.24. The Kier molecular flexibility index (Phi) is 4.57. The summed E-state index contributed by atoms with van der Waals surface area (Å²) in [5.74, 6) is -0.127. The Bertz CT molecular complexity index is 273. The van der Waals surface area contributed by atoms with E-state index in [4.69, 9.17) is 4.74 Å². The van der Waals surface area contributed by atoms with Crippen LogP contribution in [-0.2, 0) is 14.3 Å². The van der Waals surface area contributed by atoms with Crippen LogP contribution >= 0.6 is 0 Å². The van der Waals surface area contributed by atoms with Gasteiger partial charge in [-0.3, -0.25) is 9.59 Å². The van der Waals surface area contributed by atoms with E-state index in [1.165, 1.54) is 19.3 Å². The summed E-state index contributed by atoms with van der Waals surface area (Å²) in [4.78, 5) is 23.3. The number of carbonyl (C=O) groups is 2. The first-order chi connectivity index (χ1) is 8.25. The molecule has 0 N–H and O–H groups in total. The largest absolute Gasteiger partial charge is 0.393 e. The number of hydrogen-bond acceptors (Lipinski definition) is 3.